The van der Waals surface area contributed by atoms with Crippen molar-refractivity contribution in [3.8, 4) is 11.3 Å². The Morgan fingerprint density at radius 2 is 1.89 bits per heavy atom. The Morgan fingerprint density at radius 1 is 1.19 bits per heavy atom. The van der Waals surface area contributed by atoms with E-state index in [0.717, 1.165) is 43.6 Å². The number of aromatic nitrogens is 3. The lowest BCUT2D eigenvalue weighted by molar-refractivity contribution is 0.0939. The highest BCUT2D eigenvalue weighted by atomic mass is 32.2. The number of benzene rings is 1. The summed E-state index contributed by atoms with van der Waals surface area (Å²) >= 11 is 0. The van der Waals surface area contributed by atoms with E-state index in [0.29, 0.717) is 34.4 Å². The molecule has 0 saturated carbocycles. The molecule has 2 atom stereocenters. The zero-order valence-corrected chi connectivity index (χ0v) is 23.4. The second-order valence-corrected chi connectivity index (χ2v) is 12.5. The Morgan fingerprint density at radius 3 is 2.51 bits per heavy atom. The van der Waals surface area contributed by atoms with Gasteiger partial charge in [0.1, 0.15) is 0 Å². The molecule has 1 amide bonds. The molecule has 1 aliphatic heterocycles. The van der Waals surface area contributed by atoms with Crippen molar-refractivity contribution in [2.24, 2.45) is 0 Å². The van der Waals surface area contributed by atoms with Crippen LogP contribution in [0.3, 0.4) is 0 Å². The molecule has 1 N–H and O–H groups in total. The summed E-state index contributed by atoms with van der Waals surface area (Å²) in [5.41, 5.74) is 4.49. The van der Waals surface area contributed by atoms with Gasteiger partial charge in [0.2, 0.25) is 0 Å². The van der Waals surface area contributed by atoms with Gasteiger partial charge in [0.05, 0.1) is 39.9 Å². The Hall–Kier alpha value is -2.78. The van der Waals surface area contributed by atoms with Crippen LogP contribution in [0.1, 0.15) is 67.7 Å². The molecule has 3 aromatic rings. The molecule has 2 aromatic heterocycles. The number of amides is 1. The topological polar surface area (TPSA) is 97.2 Å². The number of aryl methyl sites for hydroxylation is 2. The summed E-state index contributed by atoms with van der Waals surface area (Å²) in [4.78, 5) is 20.9. The number of nitrogens with one attached hydrogen (secondary N) is 1. The molecule has 0 radical (unpaired) electrons. The quantitative estimate of drug-likeness (QED) is 0.424. The molecule has 1 aliphatic rings. The number of fused-ring (bicyclic) bond motifs is 1. The van der Waals surface area contributed by atoms with Crippen LogP contribution in [0.4, 0.5) is 0 Å². The van der Waals surface area contributed by atoms with E-state index in [-0.39, 0.29) is 29.5 Å². The van der Waals surface area contributed by atoms with Crippen molar-refractivity contribution in [2.45, 2.75) is 66.0 Å². The minimum atomic E-state index is -3.10. The predicted molar refractivity (Wildman–Crippen MR) is 149 cm³/mol. The fourth-order valence-electron chi connectivity index (χ4n) is 5.12. The van der Waals surface area contributed by atoms with Gasteiger partial charge in [-0.25, -0.2) is 18.1 Å². The van der Waals surface area contributed by atoms with Crippen molar-refractivity contribution in [3.05, 3.63) is 47.2 Å². The Bertz CT molecular complexity index is 1360. The van der Waals surface area contributed by atoms with E-state index in [4.69, 9.17) is 10.1 Å². The molecule has 37 heavy (non-hydrogen) atoms. The minimum absolute atomic E-state index is 0.0180. The molecule has 0 spiro atoms. The largest absolute Gasteiger partial charge is 0.350 e. The van der Waals surface area contributed by atoms with Gasteiger partial charge >= 0.3 is 0 Å². The third-order valence-corrected chi connectivity index (χ3v) is 9.12. The first kappa shape index (κ1) is 27.3. The first-order valence-electron chi connectivity index (χ1n) is 13.3. The zero-order valence-electron chi connectivity index (χ0n) is 22.6. The van der Waals surface area contributed by atoms with Gasteiger partial charge in [-0.1, -0.05) is 43.7 Å². The maximum atomic E-state index is 13.6. The number of sulfone groups is 1. The number of carbonyl (C=O) groups excluding carboxylic acids is 1. The van der Waals surface area contributed by atoms with Crippen LogP contribution in [-0.2, 0) is 9.84 Å². The molecule has 8 nitrogen and oxygen atoms in total. The number of pyridine rings is 1. The predicted octanol–water partition coefficient (Wildman–Crippen LogP) is 4.32. The molecule has 0 aliphatic carbocycles. The van der Waals surface area contributed by atoms with Crippen LogP contribution in [0.2, 0.25) is 0 Å². The molecular weight excluding hydrogens is 486 g/mol. The lowest BCUT2D eigenvalue weighted by atomic mass is 10.0. The summed E-state index contributed by atoms with van der Waals surface area (Å²) in [7, 11) is -3.10. The molecule has 200 valence electrons. The number of rotatable bonds is 10. The van der Waals surface area contributed by atoms with Gasteiger partial charge in [0.15, 0.2) is 15.5 Å². The van der Waals surface area contributed by atoms with Crippen LogP contribution >= 0.6 is 0 Å². The highest BCUT2D eigenvalue weighted by Crippen LogP contribution is 2.32. The molecule has 1 aromatic carbocycles. The first-order chi connectivity index (χ1) is 17.6. The SMILES string of the molecule is CCN(CC)CCCC(C)NC(=O)c1cc(-c2ccc(C)cc2)nc2c1c(C)nn2C1CCS(=O)(=O)C1. The number of hydrogen-bond donors (Lipinski definition) is 1. The van der Waals surface area contributed by atoms with Crippen molar-refractivity contribution >= 4 is 26.8 Å². The molecule has 4 rings (SSSR count). The third kappa shape index (κ3) is 6.21. The normalized spacial score (nSPS) is 17.9. The average molecular weight is 526 g/mol. The van der Waals surface area contributed by atoms with Crippen molar-refractivity contribution in [2.75, 3.05) is 31.1 Å². The van der Waals surface area contributed by atoms with E-state index < -0.39 is 9.84 Å². The average Bonchev–Trinajstić information content (AvgIpc) is 3.40. The van der Waals surface area contributed by atoms with Crippen LogP contribution in [-0.4, -0.2) is 71.2 Å². The van der Waals surface area contributed by atoms with Crippen LogP contribution in [0, 0.1) is 13.8 Å². The summed E-state index contributed by atoms with van der Waals surface area (Å²) in [6.07, 6.45) is 2.40. The van der Waals surface area contributed by atoms with E-state index in [9.17, 15) is 13.2 Å². The standard InChI is InChI=1S/C28H39N5O3S/c1-6-32(7-2)15-8-9-20(4)29-28(34)24-17-25(22-12-10-19(3)11-13-22)30-27-26(24)21(5)31-33(27)23-14-16-37(35,36)18-23/h10-13,17,20,23H,6-9,14-16,18H2,1-5H3,(H,29,34). The molecule has 1 saturated heterocycles. The first-order valence-corrected chi connectivity index (χ1v) is 15.1. The second kappa shape index (κ2) is 11.3. The number of hydrogen-bond acceptors (Lipinski definition) is 6. The molecule has 3 heterocycles. The summed E-state index contributed by atoms with van der Waals surface area (Å²) in [6.45, 7) is 13.3. The van der Waals surface area contributed by atoms with E-state index in [2.05, 4.69) is 24.1 Å². The van der Waals surface area contributed by atoms with Gasteiger partial charge in [-0.05, 0) is 65.7 Å². The second-order valence-electron chi connectivity index (χ2n) is 10.3. The number of nitrogens with zero attached hydrogens (tertiary/aromatic N) is 4. The van der Waals surface area contributed by atoms with Crippen LogP contribution in [0.5, 0.6) is 0 Å². The van der Waals surface area contributed by atoms with Crippen LogP contribution < -0.4 is 5.32 Å². The monoisotopic (exact) mass is 525 g/mol. The van der Waals surface area contributed by atoms with E-state index in [1.54, 1.807) is 4.68 Å². The zero-order chi connectivity index (χ0) is 26.7. The van der Waals surface area contributed by atoms with Gasteiger partial charge < -0.3 is 10.2 Å². The van der Waals surface area contributed by atoms with Gasteiger partial charge in [0.25, 0.3) is 5.91 Å². The van der Waals surface area contributed by atoms with Crippen molar-refractivity contribution < 1.29 is 13.2 Å². The highest BCUT2D eigenvalue weighted by Gasteiger charge is 2.32. The molecule has 2 unspecified atom stereocenters. The van der Waals surface area contributed by atoms with Gasteiger partial charge in [-0.2, -0.15) is 5.10 Å². The summed E-state index contributed by atoms with van der Waals surface area (Å²) < 4.78 is 26.2. The lowest BCUT2D eigenvalue weighted by Crippen LogP contribution is -2.34. The maximum absolute atomic E-state index is 13.6. The minimum Gasteiger partial charge on any atom is -0.350 e. The molecule has 1 fully saturated rings. The van der Waals surface area contributed by atoms with Gasteiger partial charge in [0, 0.05) is 11.6 Å². The summed E-state index contributed by atoms with van der Waals surface area (Å²) in [6, 6.07) is 9.61. The third-order valence-electron chi connectivity index (χ3n) is 7.37. The van der Waals surface area contributed by atoms with E-state index in [1.807, 2.05) is 51.1 Å². The summed E-state index contributed by atoms with van der Waals surface area (Å²) in [5.74, 6) is 0.0385. The van der Waals surface area contributed by atoms with E-state index in [1.165, 1.54) is 0 Å². The fraction of sp³-hybridized carbons (Fsp3) is 0.536. The van der Waals surface area contributed by atoms with Crippen LogP contribution in [0.25, 0.3) is 22.3 Å². The highest BCUT2D eigenvalue weighted by molar-refractivity contribution is 7.91. The lowest BCUT2D eigenvalue weighted by Gasteiger charge is -2.20. The van der Waals surface area contributed by atoms with Crippen molar-refractivity contribution in [1.82, 2.24) is 25.0 Å². The smallest absolute Gasteiger partial charge is 0.252 e. The Balaban J connectivity index is 1.69. The van der Waals surface area contributed by atoms with Crippen molar-refractivity contribution in [1.29, 1.82) is 0 Å². The van der Waals surface area contributed by atoms with Gasteiger partial charge in [-0.3, -0.25) is 4.79 Å². The summed E-state index contributed by atoms with van der Waals surface area (Å²) in [5, 5.41) is 8.58. The maximum Gasteiger partial charge on any atom is 0.252 e. The van der Waals surface area contributed by atoms with Crippen molar-refractivity contribution in [3.63, 3.8) is 0 Å². The Labute approximate surface area is 220 Å². The van der Waals surface area contributed by atoms with Crippen LogP contribution in [0.15, 0.2) is 30.3 Å². The molecule has 9 heteroatoms. The van der Waals surface area contributed by atoms with E-state index >= 15 is 0 Å². The fourth-order valence-corrected chi connectivity index (χ4v) is 6.81. The van der Waals surface area contributed by atoms with Gasteiger partial charge in [-0.15, -0.1) is 0 Å². The number of carbonyl (C=O) groups is 1. The molecule has 0 bridgehead atoms. The Kier molecular flexibility index (Phi) is 8.33. The molecular formula is C28H39N5O3S.